The normalized spacial score (nSPS) is 10.1. The van der Waals surface area contributed by atoms with Gasteiger partial charge in [-0.15, -0.1) is 0 Å². The molecule has 1 aromatic heterocycles. The second-order valence-electron chi connectivity index (χ2n) is 3.82. The highest BCUT2D eigenvalue weighted by molar-refractivity contribution is 5.93. The van der Waals surface area contributed by atoms with Gasteiger partial charge in [-0.3, -0.25) is 4.79 Å². The van der Waals surface area contributed by atoms with Gasteiger partial charge in [0.25, 0.3) is 0 Å². The van der Waals surface area contributed by atoms with E-state index in [0.29, 0.717) is 17.0 Å². The van der Waals surface area contributed by atoms with Crippen molar-refractivity contribution in [1.29, 1.82) is 0 Å². The molecule has 0 radical (unpaired) electrons. The van der Waals surface area contributed by atoms with E-state index in [4.69, 9.17) is 4.74 Å². The Balaban J connectivity index is 2.02. The highest BCUT2D eigenvalue weighted by Gasteiger charge is 2.03. The summed E-state index contributed by atoms with van der Waals surface area (Å²) >= 11 is 0. The maximum atomic E-state index is 13.3. The molecule has 3 nitrogen and oxygen atoms in total. The summed E-state index contributed by atoms with van der Waals surface area (Å²) in [5.74, 6) is 0.00395. The molecule has 1 aromatic carbocycles. The van der Waals surface area contributed by atoms with E-state index >= 15 is 0 Å². The number of hydrogen-bond donors (Lipinski definition) is 0. The van der Waals surface area contributed by atoms with Crippen LogP contribution in [0.2, 0.25) is 0 Å². The zero-order valence-electron chi connectivity index (χ0n) is 9.89. The largest absolute Gasteiger partial charge is 0.473 e. The maximum Gasteiger partial charge on any atom is 0.213 e. The average Bonchev–Trinajstić information content (AvgIpc) is 2.38. The quantitative estimate of drug-likeness (QED) is 0.777. The minimum absolute atomic E-state index is 0.0526. The third-order valence-corrected chi connectivity index (χ3v) is 2.48. The van der Waals surface area contributed by atoms with Gasteiger partial charge < -0.3 is 4.74 Å². The van der Waals surface area contributed by atoms with Gasteiger partial charge in [0.2, 0.25) is 5.88 Å². The van der Waals surface area contributed by atoms with Gasteiger partial charge in [0.05, 0.1) is 0 Å². The van der Waals surface area contributed by atoms with Crippen LogP contribution in [-0.4, -0.2) is 10.8 Å². The molecule has 1 heterocycles. The Morgan fingerprint density at radius 2 is 2.06 bits per heavy atom. The van der Waals surface area contributed by atoms with E-state index in [1.165, 1.54) is 19.2 Å². The summed E-state index contributed by atoms with van der Waals surface area (Å²) in [7, 11) is 0. The molecule has 18 heavy (non-hydrogen) atoms. The maximum absolute atomic E-state index is 13.3. The number of benzene rings is 1. The van der Waals surface area contributed by atoms with E-state index in [1.807, 2.05) is 0 Å². The highest BCUT2D eigenvalue weighted by Crippen LogP contribution is 2.12. The molecule has 92 valence electrons. The molecule has 0 atom stereocenters. The second-order valence-corrected chi connectivity index (χ2v) is 3.82. The van der Waals surface area contributed by atoms with Gasteiger partial charge in [-0.25, -0.2) is 9.37 Å². The van der Waals surface area contributed by atoms with E-state index < -0.39 is 0 Å². The molecule has 4 heteroatoms. The smallest absolute Gasteiger partial charge is 0.213 e. The number of aromatic nitrogens is 1. The van der Waals surface area contributed by atoms with Crippen molar-refractivity contribution in [2.75, 3.05) is 0 Å². The fraction of sp³-hybridized carbons (Fsp3) is 0.143. The van der Waals surface area contributed by atoms with E-state index in [2.05, 4.69) is 4.98 Å². The number of ether oxygens (including phenoxy) is 1. The molecular weight excluding hydrogens is 233 g/mol. The van der Waals surface area contributed by atoms with Crippen LogP contribution in [-0.2, 0) is 6.61 Å². The van der Waals surface area contributed by atoms with Crippen LogP contribution >= 0.6 is 0 Å². The Hall–Kier alpha value is -2.23. The molecule has 0 aliphatic heterocycles. The Bertz CT molecular complexity index is 552. The fourth-order valence-corrected chi connectivity index (χ4v) is 1.44. The van der Waals surface area contributed by atoms with Crippen LogP contribution in [0.5, 0.6) is 5.88 Å². The molecular formula is C14H12FNO2. The van der Waals surface area contributed by atoms with Gasteiger partial charge in [-0.2, -0.15) is 0 Å². The lowest BCUT2D eigenvalue weighted by atomic mass is 10.2. The summed E-state index contributed by atoms with van der Waals surface area (Å²) < 4.78 is 18.7. The molecule has 0 amide bonds. The monoisotopic (exact) mass is 245 g/mol. The number of pyridine rings is 1. The molecule has 0 saturated carbocycles. The Labute approximate surface area is 104 Å². The zero-order chi connectivity index (χ0) is 13.0. The fourth-order valence-electron chi connectivity index (χ4n) is 1.44. The molecule has 0 aliphatic carbocycles. The molecule has 2 rings (SSSR count). The van der Waals surface area contributed by atoms with Crippen molar-refractivity contribution in [3.63, 3.8) is 0 Å². The minimum Gasteiger partial charge on any atom is -0.473 e. The predicted molar refractivity (Wildman–Crippen MR) is 65.0 cm³/mol. The summed E-state index contributed by atoms with van der Waals surface area (Å²) in [6, 6.07) is 9.63. The summed E-state index contributed by atoms with van der Waals surface area (Å²) in [5, 5.41) is 0. The van der Waals surface area contributed by atoms with Crippen molar-refractivity contribution in [3.05, 3.63) is 59.5 Å². The number of Topliss-reactive ketones (excluding diaryl/α,β-unsaturated/α-hetero) is 1. The number of ketones is 1. The average molecular weight is 245 g/mol. The number of carbonyl (C=O) groups is 1. The van der Waals surface area contributed by atoms with E-state index in [9.17, 15) is 9.18 Å². The first kappa shape index (κ1) is 12.2. The van der Waals surface area contributed by atoms with Crippen molar-refractivity contribution in [2.45, 2.75) is 13.5 Å². The summed E-state index contributed by atoms with van der Waals surface area (Å²) in [6.07, 6.45) is 1.44. The third kappa shape index (κ3) is 2.91. The Morgan fingerprint density at radius 3 is 2.67 bits per heavy atom. The lowest BCUT2D eigenvalue weighted by Gasteiger charge is -2.06. The van der Waals surface area contributed by atoms with Gasteiger partial charge in [0.15, 0.2) is 5.78 Å². The second kappa shape index (κ2) is 5.40. The number of rotatable bonds is 4. The first-order valence-electron chi connectivity index (χ1n) is 5.50. The molecule has 0 bridgehead atoms. The number of nitrogens with zero attached hydrogens (tertiary/aromatic N) is 1. The summed E-state index contributed by atoms with van der Waals surface area (Å²) in [6.45, 7) is 1.58. The lowest BCUT2D eigenvalue weighted by Crippen LogP contribution is -2.00. The van der Waals surface area contributed by atoms with Crippen molar-refractivity contribution in [3.8, 4) is 5.88 Å². The molecule has 2 aromatic rings. The molecule has 0 spiro atoms. The summed E-state index contributed by atoms with van der Waals surface area (Å²) in [5.41, 5.74) is 0.989. The van der Waals surface area contributed by atoms with Crippen LogP contribution in [0.25, 0.3) is 0 Å². The van der Waals surface area contributed by atoms with Crippen LogP contribution in [0.3, 0.4) is 0 Å². The van der Waals surface area contributed by atoms with Gasteiger partial charge in [-0.05, 0) is 19.1 Å². The first-order valence-corrected chi connectivity index (χ1v) is 5.50. The van der Waals surface area contributed by atoms with E-state index in [0.717, 1.165) is 0 Å². The Kier molecular flexibility index (Phi) is 3.67. The van der Waals surface area contributed by atoms with Gasteiger partial charge >= 0.3 is 0 Å². The third-order valence-electron chi connectivity index (χ3n) is 2.48. The number of hydrogen-bond acceptors (Lipinski definition) is 3. The van der Waals surface area contributed by atoms with Gasteiger partial charge in [0, 0.05) is 23.4 Å². The summed E-state index contributed by atoms with van der Waals surface area (Å²) in [4.78, 5) is 15.0. The van der Waals surface area contributed by atoms with Gasteiger partial charge in [-0.1, -0.05) is 18.2 Å². The SMILES string of the molecule is CC(=O)c1ccc(OCc2ccccc2F)nc1. The topological polar surface area (TPSA) is 39.2 Å². The standard InChI is InChI=1S/C14H12FNO2/c1-10(17)11-6-7-14(16-8-11)18-9-12-4-2-3-5-13(12)15/h2-8H,9H2,1H3. The lowest BCUT2D eigenvalue weighted by molar-refractivity contribution is 0.101. The van der Waals surface area contributed by atoms with Crippen LogP contribution in [0.1, 0.15) is 22.8 Å². The Morgan fingerprint density at radius 1 is 1.28 bits per heavy atom. The highest BCUT2D eigenvalue weighted by atomic mass is 19.1. The molecule has 0 aliphatic rings. The number of halogens is 1. The minimum atomic E-state index is -0.308. The van der Waals surface area contributed by atoms with E-state index in [-0.39, 0.29) is 18.2 Å². The molecule has 0 unspecified atom stereocenters. The first-order chi connectivity index (χ1) is 8.66. The van der Waals surface area contributed by atoms with Crippen LogP contribution < -0.4 is 4.74 Å². The molecule has 0 N–H and O–H groups in total. The predicted octanol–water partition coefficient (Wildman–Crippen LogP) is 3.00. The van der Waals surface area contributed by atoms with Crippen molar-refractivity contribution >= 4 is 5.78 Å². The molecule has 0 fully saturated rings. The van der Waals surface area contributed by atoms with Crippen LogP contribution in [0.4, 0.5) is 4.39 Å². The van der Waals surface area contributed by atoms with Crippen molar-refractivity contribution in [1.82, 2.24) is 4.98 Å². The molecule has 0 saturated heterocycles. The number of carbonyl (C=O) groups excluding carboxylic acids is 1. The van der Waals surface area contributed by atoms with E-state index in [1.54, 1.807) is 30.3 Å². The van der Waals surface area contributed by atoms with Crippen molar-refractivity contribution < 1.29 is 13.9 Å². The van der Waals surface area contributed by atoms with Crippen LogP contribution in [0.15, 0.2) is 42.6 Å². The van der Waals surface area contributed by atoms with Crippen LogP contribution in [0, 0.1) is 5.82 Å². The van der Waals surface area contributed by atoms with Gasteiger partial charge in [0.1, 0.15) is 12.4 Å². The zero-order valence-corrected chi connectivity index (χ0v) is 9.89. The van der Waals surface area contributed by atoms with Crippen molar-refractivity contribution in [2.24, 2.45) is 0 Å².